The summed E-state index contributed by atoms with van der Waals surface area (Å²) < 4.78 is 19.8. The first kappa shape index (κ1) is 17.1. The van der Waals surface area contributed by atoms with Gasteiger partial charge in [0.15, 0.2) is 17.7 Å². The highest BCUT2D eigenvalue weighted by molar-refractivity contribution is 5.89. The number of nitrogens with zero attached hydrogens (tertiary/aromatic N) is 5. The minimum Gasteiger partial charge on any atom is -0.397 e. The molecule has 5 rings (SSSR count). The fourth-order valence-corrected chi connectivity index (χ4v) is 3.76. The number of rotatable bonds is 2. The molecular weight excluding hydrogens is 360 g/mol. The summed E-state index contributed by atoms with van der Waals surface area (Å²) in [7, 11) is 0. The van der Waals surface area contributed by atoms with E-state index in [4.69, 9.17) is 26.4 Å². The van der Waals surface area contributed by atoms with Crippen molar-refractivity contribution in [2.45, 2.75) is 44.2 Å². The van der Waals surface area contributed by atoms with Gasteiger partial charge in [-0.3, -0.25) is 9.55 Å². The van der Waals surface area contributed by atoms with Crippen LogP contribution >= 0.6 is 0 Å². The number of ether oxygens (including phenoxy) is 3. The number of nitrogen functional groups attached to an aromatic ring is 1. The summed E-state index contributed by atoms with van der Waals surface area (Å²) >= 11 is 0. The number of anilines is 1. The summed E-state index contributed by atoms with van der Waals surface area (Å²) in [6, 6.07) is 3.53. The van der Waals surface area contributed by atoms with E-state index in [9.17, 15) is 0 Å². The highest BCUT2D eigenvalue weighted by atomic mass is 16.8. The van der Waals surface area contributed by atoms with Crippen molar-refractivity contribution in [3.05, 3.63) is 31.0 Å². The Balaban J connectivity index is 1.61. The fourth-order valence-electron chi connectivity index (χ4n) is 3.76. The van der Waals surface area contributed by atoms with Crippen LogP contribution in [-0.2, 0) is 14.2 Å². The van der Waals surface area contributed by atoms with Crippen molar-refractivity contribution in [3.8, 4) is 23.7 Å². The Kier molecular flexibility index (Phi) is 3.64. The Bertz CT molecular complexity index is 1100. The molecular formula is C19H18N6O3. The highest BCUT2D eigenvalue weighted by Crippen LogP contribution is 2.43. The molecule has 0 radical (unpaired) electrons. The van der Waals surface area contributed by atoms with Crippen molar-refractivity contribution in [2.75, 3.05) is 5.73 Å². The van der Waals surface area contributed by atoms with Crippen molar-refractivity contribution in [1.29, 1.82) is 0 Å². The Morgan fingerprint density at radius 3 is 2.75 bits per heavy atom. The molecule has 2 saturated heterocycles. The second-order valence-electron chi connectivity index (χ2n) is 7.17. The van der Waals surface area contributed by atoms with Crippen LogP contribution in [0.4, 0.5) is 5.69 Å². The lowest BCUT2D eigenvalue weighted by atomic mass is 10.1. The minimum absolute atomic E-state index is 0.366. The van der Waals surface area contributed by atoms with Crippen molar-refractivity contribution in [3.63, 3.8) is 0 Å². The molecule has 142 valence electrons. The average Bonchev–Trinajstić information content (AvgIpc) is 3.32. The molecule has 2 aliphatic rings. The first-order valence-electron chi connectivity index (χ1n) is 8.84. The second-order valence-corrected chi connectivity index (χ2v) is 7.17. The van der Waals surface area contributed by atoms with Gasteiger partial charge in [0.25, 0.3) is 0 Å². The number of imidazole rings is 1. The first-order valence-corrected chi connectivity index (χ1v) is 8.84. The van der Waals surface area contributed by atoms with Crippen molar-refractivity contribution < 1.29 is 14.2 Å². The molecule has 4 atom stereocenters. The van der Waals surface area contributed by atoms with Gasteiger partial charge in [0, 0.05) is 6.20 Å². The van der Waals surface area contributed by atoms with Gasteiger partial charge in [-0.25, -0.2) is 15.0 Å². The monoisotopic (exact) mass is 378 g/mol. The van der Waals surface area contributed by atoms with E-state index in [1.807, 2.05) is 13.8 Å². The molecule has 2 N–H and O–H groups in total. The van der Waals surface area contributed by atoms with Gasteiger partial charge in [0.1, 0.15) is 41.5 Å². The van der Waals surface area contributed by atoms with Gasteiger partial charge in [-0.15, -0.1) is 6.42 Å². The lowest BCUT2D eigenvalue weighted by Crippen LogP contribution is -2.28. The molecule has 3 aromatic heterocycles. The van der Waals surface area contributed by atoms with E-state index in [0.717, 1.165) is 0 Å². The summed E-state index contributed by atoms with van der Waals surface area (Å²) in [5.41, 5.74) is 8.82. The fraction of sp³-hybridized carbons (Fsp3) is 0.368. The van der Waals surface area contributed by atoms with Gasteiger partial charge < -0.3 is 19.9 Å². The Labute approximate surface area is 160 Å². The summed E-state index contributed by atoms with van der Waals surface area (Å²) in [5.74, 6) is 1.89. The molecule has 0 aliphatic carbocycles. The third-order valence-electron chi connectivity index (χ3n) is 4.89. The second kappa shape index (κ2) is 5.97. The number of hydrogen-bond acceptors (Lipinski definition) is 8. The molecule has 0 bridgehead atoms. The van der Waals surface area contributed by atoms with Gasteiger partial charge in [-0.1, -0.05) is 5.92 Å². The quantitative estimate of drug-likeness (QED) is 0.669. The maximum absolute atomic E-state index is 6.07. The number of terminal acetylenes is 1. The van der Waals surface area contributed by atoms with Crippen LogP contribution in [0.5, 0.6) is 0 Å². The number of fused-ring (bicyclic) bond motifs is 2. The molecule has 0 aromatic carbocycles. The third-order valence-corrected chi connectivity index (χ3v) is 4.89. The normalized spacial score (nSPS) is 28.3. The number of nitrogens with two attached hydrogens (primary N) is 1. The lowest BCUT2D eigenvalue weighted by molar-refractivity contribution is -0.190. The first-order chi connectivity index (χ1) is 13.5. The van der Waals surface area contributed by atoms with Crippen LogP contribution in [0.1, 0.15) is 20.1 Å². The van der Waals surface area contributed by atoms with Gasteiger partial charge >= 0.3 is 0 Å². The summed E-state index contributed by atoms with van der Waals surface area (Å²) in [4.78, 5) is 17.6. The van der Waals surface area contributed by atoms with Crippen molar-refractivity contribution >= 4 is 16.9 Å². The van der Waals surface area contributed by atoms with Crippen LogP contribution in [0.15, 0.2) is 31.0 Å². The molecule has 5 heterocycles. The summed E-state index contributed by atoms with van der Waals surface area (Å²) in [6.45, 7) is 3.71. The van der Waals surface area contributed by atoms with Gasteiger partial charge in [-0.2, -0.15) is 0 Å². The Hall–Kier alpha value is -3.06. The molecule has 2 aliphatic heterocycles. The van der Waals surface area contributed by atoms with Gasteiger partial charge in [-0.05, 0) is 26.0 Å². The minimum atomic E-state index is -0.745. The average molecular weight is 378 g/mol. The summed E-state index contributed by atoms with van der Waals surface area (Å²) in [6.07, 6.45) is 8.58. The van der Waals surface area contributed by atoms with E-state index >= 15 is 0 Å². The van der Waals surface area contributed by atoms with E-state index in [-0.39, 0.29) is 12.2 Å². The van der Waals surface area contributed by atoms with E-state index < -0.39 is 18.1 Å². The standard InChI is InChI=1S/C19H18N6O3/c1-4-11-15-16(28-19(2,3)27-15)18(26-11)25-9-24-14-13(22-8-23-17(14)25)12-10(20)6-5-7-21-12/h1,5-9,11,15-16,18H,20H2,2-3H3/t11-,15-,16-,18-/m1/s1. The van der Waals surface area contributed by atoms with Crippen molar-refractivity contribution in [1.82, 2.24) is 24.5 Å². The van der Waals surface area contributed by atoms with Crippen LogP contribution in [0.25, 0.3) is 22.6 Å². The third kappa shape index (κ3) is 2.46. The zero-order valence-electron chi connectivity index (χ0n) is 15.3. The van der Waals surface area contributed by atoms with Crippen molar-refractivity contribution in [2.24, 2.45) is 0 Å². The smallest absolute Gasteiger partial charge is 0.167 e. The molecule has 0 amide bonds. The number of hydrogen-bond donors (Lipinski definition) is 1. The van der Waals surface area contributed by atoms with Gasteiger partial charge in [0.05, 0.1) is 12.0 Å². The predicted octanol–water partition coefficient (Wildman–Crippen LogP) is 1.52. The van der Waals surface area contributed by atoms with Gasteiger partial charge in [0.2, 0.25) is 0 Å². The van der Waals surface area contributed by atoms with Crippen LogP contribution in [0, 0.1) is 12.3 Å². The van der Waals surface area contributed by atoms with E-state index in [2.05, 4.69) is 25.9 Å². The Morgan fingerprint density at radius 2 is 1.96 bits per heavy atom. The van der Waals surface area contributed by atoms with Crippen LogP contribution < -0.4 is 5.73 Å². The molecule has 9 nitrogen and oxygen atoms in total. The molecule has 28 heavy (non-hydrogen) atoms. The predicted molar refractivity (Wildman–Crippen MR) is 99.5 cm³/mol. The lowest BCUT2D eigenvalue weighted by Gasteiger charge is -2.23. The maximum Gasteiger partial charge on any atom is 0.167 e. The van der Waals surface area contributed by atoms with Crippen LogP contribution in [0.2, 0.25) is 0 Å². The Morgan fingerprint density at radius 1 is 1.14 bits per heavy atom. The van der Waals surface area contributed by atoms with E-state index in [0.29, 0.717) is 28.2 Å². The zero-order chi connectivity index (χ0) is 19.5. The number of pyridine rings is 1. The number of aromatic nitrogens is 5. The molecule has 2 fully saturated rings. The molecule has 0 unspecified atom stereocenters. The summed E-state index contributed by atoms with van der Waals surface area (Å²) in [5, 5.41) is 0. The van der Waals surface area contributed by atoms with E-state index in [1.54, 1.807) is 29.2 Å². The molecule has 0 saturated carbocycles. The zero-order valence-corrected chi connectivity index (χ0v) is 15.3. The molecule has 3 aromatic rings. The van der Waals surface area contributed by atoms with Crippen LogP contribution in [0.3, 0.4) is 0 Å². The highest BCUT2D eigenvalue weighted by Gasteiger charge is 2.55. The van der Waals surface area contributed by atoms with Crippen LogP contribution in [-0.4, -0.2) is 48.6 Å². The topological polar surface area (TPSA) is 110 Å². The SMILES string of the molecule is C#C[C@H]1O[C@@H](n2cnc3c(-c4ncccc4N)ncnc32)[C@@H]2OC(C)(C)O[C@@H]21. The maximum atomic E-state index is 6.07. The molecule has 0 spiro atoms. The largest absolute Gasteiger partial charge is 0.397 e. The molecule has 9 heteroatoms. The van der Waals surface area contributed by atoms with E-state index in [1.165, 1.54) is 6.33 Å².